The molecule has 2 aromatic heterocycles. The Bertz CT molecular complexity index is 731. The molecule has 5 heteroatoms. The number of amides is 1. The topological polar surface area (TPSA) is 67.8 Å². The van der Waals surface area contributed by atoms with Gasteiger partial charge in [-0.05, 0) is 43.7 Å². The molecule has 0 radical (unpaired) electrons. The van der Waals surface area contributed by atoms with Crippen LogP contribution in [0.4, 0.5) is 0 Å². The summed E-state index contributed by atoms with van der Waals surface area (Å²) in [6, 6.07) is 3.89. The molecule has 0 saturated heterocycles. The quantitative estimate of drug-likeness (QED) is 0.946. The van der Waals surface area contributed by atoms with Gasteiger partial charge in [0.1, 0.15) is 0 Å². The van der Waals surface area contributed by atoms with Crippen molar-refractivity contribution in [1.29, 1.82) is 0 Å². The minimum absolute atomic E-state index is 0.0607. The van der Waals surface area contributed by atoms with Gasteiger partial charge in [-0.2, -0.15) is 0 Å². The predicted molar refractivity (Wildman–Crippen MR) is 86.4 cm³/mol. The van der Waals surface area contributed by atoms with Crippen molar-refractivity contribution < 1.29 is 4.79 Å². The third-order valence-electron chi connectivity index (χ3n) is 4.88. The normalized spacial score (nSPS) is 25.5. The first-order valence-electron chi connectivity index (χ1n) is 8.29. The first-order chi connectivity index (χ1) is 11.2. The van der Waals surface area contributed by atoms with Crippen molar-refractivity contribution in [3.63, 3.8) is 0 Å². The van der Waals surface area contributed by atoms with Crippen LogP contribution >= 0.6 is 0 Å². The van der Waals surface area contributed by atoms with Crippen molar-refractivity contribution in [2.24, 2.45) is 11.8 Å². The second kappa shape index (κ2) is 5.72. The Hall–Kier alpha value is -2.30. The maximum absolute atomic E-state index is 12.2. The van der Waals surface area contributed by atoms with E-state index in [1.54, 1.807) is 12.4 Å². The van der Waals surface area contributed by atoms with E-state index in [2.05, 4.69) is 22.2 Å². The summed E-state index contributed by atoms with van der Waals surface area (Å²) in [7, 11) is 0. The Balaban J connectivity index is 1.58. The number of hydrogen-bond donors (Lipinski definition) is 1. The van der Waals surface area contributed by atoms with Crippen molar-refractivity contribution in [3.8, 4) is 11.4 Å². The molecule has 118 valence electrons. The molecule has 1 fully saturated rings. The number of carbonyl (C=O) groups excluding carboxylic acids is 1. The summed E-state index contributed by atoms with van der Waals surface area (Å²) in [5.41, 5.74) is 3.11. The van der Waals surface area contributed by atoms with Crippen molar-refractivity contribution in [3.05, 3.63) is 42.0 Å². The van der Waals surface area contributed by atoms with E-state index < -0.39 is 0 Å². The highest BCUT2D eigenvalue weighted by Crippen LogP contribution is 2.39. The van der Waals surface area contributed by atoms with E-state index in [4.69, 9.17) is 4.98 Å². The molecule has 0 unspecified atom stereocenters. The van der Waals surface area contributed by atoms with Crippen LogP contribution in [-0.2, 0) is 11.2 Å². The SMILES string of the molecule is C[C@@H]1C[C@H]1C(=O)N[C@H]1CCCc2nc(-c3ccncc3)ncc21. The molecule has 2 aromatic rings. The summed E-state index contributed by atoms with van der Waals surface area (Å²) < 4.78 is 0. The van der Waals surface area contributed by atoms with Gasteiger partial charge in [0.25, 0.3) is 0 Å². The van der Waals surface area contributed by atoms with Crippen molar-refractivity contribution in [1.82, 2.24) is 20.3 Å². The summed E-state index contributed by atoms with van der Waals surface area (Å²) in [6.45, 7) is 2.13. The number of aromatic nitrogens is 3. The molecule has 0 aliphatic heterocycles. The zero-order valence-corrected chi connectivity index (χ0v) is 13.2. The van der Waals surface area contributed by atoms with Crippen LogP contribution in [0.1, 0.15) is 43.5 Å². The van der Waals surface area contributed by atoms with Crippen LogP contribution in [0.5, 0.6) is 0 Å². The second-order valence-electron chi connectivity index (χ2n) is 6.60. The van der Waals surface area contributed by atoms with Gasteiger partial charge >= 0.3 is 0 Å². The molecule has 2 heterocycles. The highest BCUT2D eigenvalue weighted by Gasteiger charge is 2.40. The Morgan fingerprint density at radius 2 is 2.09 bits per heavy atom. The van der Waals surface area contributed by atoms with E-state index in [1.807, 2.05) is 18.3 Å². The average Bonchev–Trinajstić information content (AvgIpc) is 3.32. The van der Waals surface area contributed by atoms with E-state index in [-0.39, 0.29) is 17.9 Å². The van der Waals surface area contributed by atoms with Gasteiger partial charge in [0.2, 0.25) is 5.91 Å². The second-order valence-corrected chi connectivity index (χ2v) is 6.60. The van der Waals surface area contributed by atoms with Gasteiger partial charge in [-0.3, -0.25) is 9.78 Å². The van der Waals surface area contributed by atoms with Gasteiger partial charge in [-0.25, -0.2) is 9.97 Å². The number of fused-ring (bicyclic) bond motifs is 1. The third-order valence-corrected chi connectivity index (χ3v) is 4.88. The van der Waals surface area contributed by atoms with Crippen LogP contribution in [0.15, 0.2) is 30.7 Å². The molecule has 4 rings (SSSR count). The lowest BCUT2D eigenvalue weighted by molar-refractivity contribution is -0.123. The molecule has 1 saturated carbocycles. The minimum Gasteiger partial charge on any atom is -0.349 e. The van der Waals surface area contributed by atoms with E-state index in [0.717, 1.165) is 48.3 Å². The average molecular weight is 308 g/mol. The molecule has 5 nitrogen and oxygen atoms in total. The lowest BCUT2D eigenvalue weighted by Gasteiger charge is -2.25. The zero-order chi connectivity index (χ0) is 15.8. The van der Waals surface area contributed by atoms with Crippen LogP contribution in [-0.4, -0.2) is 20.9 Å². The number of pyridine rings is 1. The van der Waals surface area contributed by atoms with Gasteiger partial charge < -0.3 is 5.32 Å². The largest absolute Gasteiger partial charge is 0.349 e. The molecule has 0 aromatic carbocycles. The van der Waals surface area contributed by atoms with Crippen molar-refractivity contribution in [2.75, 3.05) is 0 Å². The molecule has 23 heavy (non-hydrogen) atoms. The van der Waals surface area contributed by atoms with E-state index in [1.165, 1.54) is 0 Å². The van der Waals surface area contributed by atoms with Crippen molar-refractivity contribution >= 4 is 5.91 Å². The highest BCUT2D eigenvalue weighted by atomic mass is 16.2. The van der Waals surface area contributed by atoms with E-state index >= 15 is 0 Å². The highest BCUT2D eigenvalue weighted by molar-refractivity contribution is 5.81. The maximum atomic E-state index is 12.2. The third kappa shape index (κ3) is 2.83. The summed E-state index contributed by atoms with van der Waals surface area (Å²) in [6.07, 6.45) is 9.36. The number of aryl methyl sites for hydroxylation is 1. The van der Waals surface area contributed by atoms with Crippen LogP contribution in [0.3, 0.4) is 0 Å². The summed E-state index contributed by atoms with van der Waals surface area (Å²) in [5, 5.41) is 3.20. The monoisotopic (exact) mass is 308 g/mol. The van der Waals surface area contributed by atoms with Crippen molar-refractivity contribution in [2.45, 2.75) is 38.6 Å². The lowest BCUT2D eigenvalue weighted by atomic mass is 9.92. The van der Waals surface area contributed by atoms with Gasteiger partial charge in [-0.1, -0.05) is 6.92 Å². The Morgan fingerprint density at radius 1 is 1.30 bits per heavy atom. The minimum atomic E-state index is 0.0607. The van der Waals surface area contributed by atoms with Crippen LogP contribution in [0.25, 0.3) is 11.4 Å². The number of rotatable bonds is 3. The maximum Gasteiger partial charge on any atom is 0.223 e. The standard InChI is InChI=1S/C18H20N4O/c1-11-9-13(11)18(23)22-16-4-2-3-15-14(16)10-20-17(21-15)12-5-7-19-8-6-12/h5-8,10-11,13,16H,2-4,9H2,1H3,(H,22,23)/t11-,13-,16+/m1/s1. The molecular weight excluding hydrogens is 288 g/mol. The first-order valence-corrected chi connectivity index (χ1v) is 8.29. The molecule has 0 bridgehead atoms. The molecule has 3 atom stereocenters. The van der Waals surface area contributed by atoms with E-state index in [0.29, 0.717) is 5.92 Å². The molecule has 0 spiro atoms. The van der Waals surface area contributed by atoms with Gasteiger partial charge in [0.05, 0.1) is 6.04 Å². The molecule has 1 N–H and O–H groups in total. The summed E-state index contributed by atoms with van der Waals surface area (Å²) in [4.78, 5) is 25.5. The lowest BCUT2D eigenvalue weighted by Crippen LogP contribution is -2.32. The molecule has 2 aliphatic rings. The smallest absolute Gasteiger partial charge is 0.223 e. The molecule has 1 amide bonds. The number of carbonyl (C=O) groups is 1. The number of hydrogen-bond acceptors (Lipinski definition) is 4. The van der Waals surface area contributed by atoms with Crippen LogP contribution in [0.2, 0.25) is 0 Å². The fraction of sp³-hybridized carbons (Fsp3) is 0.444. The zero-order valence-electron chi connectivity index (χ0n) is 13.2. The Labute approximate surface area is 135 Å². The summed E-state index contributed by atoms with van der Waals surface area (Å²) in [5.74, 6) is 1.66. The fourth-order valence-corrected chi connectivity index (χ4v) is 3.30. The van der Waals surface area contributed by atoms with Gasteiger partial charge in [0.15, 0.2) is 5.82 Å². The van der Waals surface area contributed by atoms with Gasteiger partial charge in [0, 0.05) is 41.3 Å². The summed E-state index contributed by atoms with van der Waals surface area (Å²) >= 11 is 0. The van der Waals surface area contributed by atoms with Crippen LogP contribution < -0.4 is 5.32 Å². The predicted octanol–water partition coefficient (Wildman–Crippen LogP) is 2.69. The Kier molecular flexibility index (Phi) is 3.56. The van der Waals surface area contributed by atoms with E-state index in [9.17, 15) is 4.79 Å². The number of nitrogens with zero attached hydrogens (tertiary/aromatic N) is 3. The van der Waals surface area contributed by atoms with Gasteiger partial charge in [-0.15, -0.1) is 0 Å². The molecular formula is C18H20N4O. The number of nitrogens with one attached hydrogen (secondary N) is 1. The fourth-order valence-electron chi connectivity index (χ4n) is 3.30. The van der Waals surface area contributed by atoms with Crippen LogP contribution in [0, 0.1) is 11.8 Å². The Morgan fingerprint density at radius 3 is 2.83 bits per heavy atom. The molecule has 2 aliphatic carbocycles. The first kappa shape index (κ1) is 14.3.